The predicted molar refractivity (Wildman–Crippen MR) is 77.0 cm³/mol. The summed E-state index contributed by atoms with van der Waals surface area (Å²) in [5.74, 6) is -0.349. The number of aliphatic hydroxyl groups is 1. The lowest BCUT2D eigenvalue weighted by molar-refractivity contribution is 0.125. The quantitative estimate of drug-likeness (QED) is 0.802. The highest BCUT2D eigenvalue weighted by Gasteiger charge is 2.34. The second kappa shape index (κ2) is 5.42. The molecule has 21 heavy (non-hydrogen) atoms. The molecule has 1 aromatic heterocycles. The Morgan fingerprint density at radius 3 is 1.95 bits per heavy atom. The van der Waals surface area contributed by atoms with Crippen molar-refractivity contribution in [2.75, 3.05) is 0 Å². The van der Waals surface area contributed by atoms with Gasteiger partial charge in [-0.3, -0.25) is 0 Å². The maximum absolute atomic E-state index is 13.2. The maximum Gasteiger partial charge on any atom is 0.143 e. The van der Waals surface area contributed by atoms with Gasteiger partial charge in [-0.25, -0.2) is 14.4 Å². The molecule has 0 bridgehead atoms. The van der Waals surface area contributed by atoms with E-state index >= 15 is 0 Å². The van der Waals surface area contributed by atoms with Gasteiger partial charge in [0.05, 0.1) is 0 Å². The molecule has 0 radical (unpaired) electrons. The standard InChI is InChI=1S/C17H13FN2O/c18-16-8-6-14(7-9-16)17(21,13-4-2-1-3-5-13)15-10-19-12-20-11-15/h1-12,21H/t17-/m1/s1. The van der Waals surface area contributed by atoms with Gasteiger partial charge in [-0.2, -0.15) is 0 Å². The van der Waals surface area contributed by atoms with Crippen molar-refractivity contribution in [1.29, 1.82) is 0 Å². The number of aromatic nitrogens is 2. The summed E-state index contributed by atoms with van der Waals surface area (Å²) in [6, 6.07) is 15.0. The molecule has 0 amide bonds. The molecule has 0 aliphatic heterocycles. The van der Waals surface area contributed by atoms with Gasteiger partial charge >= 0.3 is 0 Å². The lowest BCUT2D eigenvalue weighted by Crippen LogP contribution is -2.29. The Morgan fingerprint density at radius 1 is 0.762 bits per heavy atom. The summed E-state index contributed by atoms with van der Waals surface area (Å²) < 4.78 is 13.2. The van der Waals surface area contributed by atoms with Crippen LogP contribution in [0.25, 0.3) is 0 Å². The van der Waals surface area contributed by atoms with Crippen molar-refractivity contribution in [3.8, 4) is 0 Å². The summed E-state index contributed by atoms with van der Waals surface area (Å²) in [7, 11) is 0. The van der Waals surface area contributed by atoms with E-state index in [4.69, 9.17) is 0 Å². The van der Waals surface area contributed by atoms with Gasteiger partial charge in [0.25, 0.3) is 0 Å². The second-order valence-electron chi connectivity index (χ2n) is 4.71. The normalized spacial score (nSPS) is 13.6. The molecule has 0 spiro atoms. The van der Waals surface area contributed by atoms with Crippen LogP contribution in [0.3, 0.4) is 0 Å². The Kier molecular flexibility index (Phi) is 3.46. The Hall–Kier alpha value is -2.59. The molecule has 0 fully saturated rings. The monoisotopic (exact) mass is 280 g/mol. The van der Waals surface area contributed by atoms with Crippen LogP contribution in [0.4, 0.5) is 4.39 Å². The SMILES string of the molecule is O[C@](c1ccccc1)(c1ccc(F)cc1)c1cncnc1. The second-order valence-corrected chi connectivity index (χ2v) is 4.71. The molecule has 104 valence electrons. The average Bonchev–Trinajstić information content (AvgIpc) is 2.56. The van der Waals surface area contributed by atoms with Crippen molar-refractivity contribution < 1.29 is 9.50 Å². The Bertz CT molecular complexity index is 675. The van der Waals surface area contributed by atoms with Gasteiger partial charge in [-0.05, 0) is 23.3 Å². The van der Waals surface area contributed by atoms with Crippen LogP contribution in [0.1, 0.15) is 16.7 Å². The molecule has 0 saturated carbocycles. The third-order valence-electron chi connectivity index (χ3n) is 3.43. The number of halogens is 1. The minimum absolute atomic E-state index is 0.349. The maximum atomic E-state index is 13.2. The van der Waals surface area contributed by atoms with E-state index in [9.17, 15) is 9.50 Å². The first-order valence-electron chi connectivity index (χ1n) is 6.50. The van der Waals surface area contributed by atoms with E-state index in [0.29, 0.717) is 16.7 Å². The van der Waals surface area contributed by atoms with Crippen molar-refractivity contribution in [3.05, 3.63) is 95.8 Å². The summed E-state index contributed by atoms with van der Waals surface area (Å²) in [5, 5.41) is 11.3. The number of nitrogens with zero attached hydrogens (tertiary/aromatic N) is 2. The van der Waals surface area contributed by atoms with Crippen LogP contribution in [-0.4, -0.2) is 15.1 Å². The molecule has 0 aliphatic carbocycles. The number of rotatable bonds is 3. The fourth-order valence-corrected chi connectivity index (χ4v) is 2.36. The smallest absolute Gasteiger partial charge is 0.143 e. The fourth-order valence-electron chi connectivity index (χ4n) is 2.36. The molecular formula is C17H13FN2O. The topological polar surface area (TPSA) is 46.0 Å². The van der Waals surface area contributed by atoms with Crippen LogP contribution in [-0.2, 0) is 5.60 Å². The van der Waals surface area contributed by atoms with Gasteiger partial charge in [0, 0.05) is 18.0 Å². The highest BCUT2D eigenvalue weighted by atomic mass is 19.1. The van der Waals surface area contributed by atoms with Crippen LogP contribution in [0, 0.1) is 5.82 Å². The molecule has 0 saturated heterocycles. The fraction of sp³-hybridized carbons (Fsp3) is 0.0588. The zero-order valence-electron chi connectivity index (χ0n) is 11.1. The third-order valence-corrected chi connectivity index (χ3v) is 3.43. The first-order valence-corrected chi connectivity index (χ1v) is 6.50. The number of hydrogen-bond donors (Lipinski definition) is 1. The summed E-state index contributed by atoms with van der Waals surface area (Å²) in [6.07, 6.45) is 4.52. The summed E-state index contributed by atoms with van der Waals surface area (Å²) in [6.45, 7) is 0. The van der Waals surface area contributed by atoms with Crippen molar-refractivity contribution >= 4 is 0 Å². The van der Waals surface area contributed by atoms with Gasteiger partial charge in [-0.1, -0.05) is 42.5 Å². The molecule has 2 aromatic carbocycles. The van der Waals surface area contributed by atoms with Gasteiger partial charge < -0.3 is 5.11 Å². The summed E-state index contributed by atoms with van der Waals surface area (Å²) >= 11 is 0. The van der Waals surface area contributed by atoms with Crippen LogP contribution in [0.5, 0.6) is 0 Å². The minimum atomic E-state index is -1.42. The van der Waals surface area contributed by atoms with Crippen molar-refractivity contribution in [1.82, 2.24) is 9.97 Å². The zero-order chi connectivity index (χ0) is 14.7. The first-order chi connectivity index (χ1) is 10.2. The minimum Gasteiger partial charge on any atom is -0.376 e. The lowest BCUT2D eigenvalue weighted by atomic mass is 9.82. The van der Waals surface area contributed by atoms with Crippen molar-refractivity contribution in [2.24, 2.45) is 0 Å². The highest BCUT2D eigenvalue weighted by molar-refractivity contribution is 5.45. The largest absolute Gasteiger partial charge is 0.376 e. The van der Waals surface area contributed by atoms with Crippen molar-refractivity contribution in [3.63, 3.8) is 0 Å². The number of hydrogen-bond acceptors (Lipinski definition) is 3. The first kappa shape index (κ1) is 13.4. The molecule has 4 heteroatoms. The van der Waals surface area contributed by atoms with Crippen LogP contribution in [0.15, 0.2) is 73.3 Å². The van der Waals surface area contributed by atoms with Crippen LogP contribution in [0.2, 0.25) is 0 Å². The van der Waals surface area contributed by atoms with Gasteiger partial charge in [0.1, 0.15) is 17.7 Å². The van der Waals surface area contributed by atoms with Gasteiger partial charge in [0.15, 0.2) is 0 Å². The molecule has 3 rings (SSSR count). The lowest BCUT2D eigenvalue weighted by Gasteiger charge is -2.29. The van der Waals surface area contributed by atoms with Gasteiger partial charge in [-0.15, -0.1) is 0 Å². The Labute approximate surface area is 121 Å². The van der Waals surface area contributed by atoms with Crippen LogP contribution < -0.4 is 0 Å². The predicted octanol–water partition coefficient (Wildman–Crippen LogP) is 2.90. The molecule has 1 heterocycles. The summed E-state index contributed by atoms with van der Waals surface area (Å²) in [5.41, 5.74) is 0.343. The molecule has 3 nitrogen and oxygen atoms in total. The van der Waals surface area contributed by atoms with E-state index < -0.39 is 5.60 Å². The van der Waals surface area contributed by atoms with E-state index in [1.54, 1.807) is 24.5 Å². The van der Waals surface area contributed by atoms with E-state index in [-0.39, 0.29) is 5.82 Å². The molecule has 1 N–H and O–H groups in total. The van der Waals surface area contributed by atoms with Crippen LogP contribution >= 0.6 is 0 Å². The van der Waals surface area contributed by atoms with E-state index in [1.807, 2.05) is 30.3 Å². The molecule has 1 atom stereocenters. The molecule has 0 aliphatic rings. The Morgan fingerprint density at radius 2 is 1.33 bits per heavy atom. The highest BCUT2D eigenvalue weighted by Crippen LogP contribution is 2.35. The number of benzene rings is 2. The summed E-state index contributed by atoms with van der Waals surface area (Å²) in [4.78, 5) is 7.95. The van der Waals surface area contributed by atoms with E-state index in [1.165, 1.54) is 18.5 Å². The van der Waals surface area contributed by atoms with E-state index in [0.717, 1.165) is 0 Å². The molecule has 0 unspecified atom stereocenters. The molecule has 3 aromatic rings. The average molecular weight is 280 g/mol. The zero-order valence-corrected chi connectivity index (χ0v) is 11.1. The Balaban J connectivity index is 2.23. The third kappa shape index (κ3) is 2.41. The molecular weight excluding hydrogens is 267 g/mol. The van der Waals surface area contributed by atoms with Gasteiger partial charge in [0.2, 0.25) is 0 Å². The van der Waals surface area contributed by atoms with E-state index in [2.05, 4.69) is 9.97 Å². The van der Waals surface area contributed by atoms with Crippen molar-refractivity contribution in [2.45, 2.75) is 5.60 Å².